The summed E-state index contributed by atoms with van der Waals surface area (Å²) >= 11 is 3.39. The van der Waals surface area contributed by atoms with Crippen molar-refractivity contribution in [2.45, 2.75) is 39.7 Å². The van der Waals surface area contributed by atoms with Crippen molar-refractivity contribution in [2.75, 3.05) is 25.5 Å². The van der Waals surface area contributed by atoms with Gasteiger partial charge in [0.1, 0.15) is 0 Å². The fraction of sp³-hybridized carbons (Fsp3) is 0.500. The molecule has 0 aromatic heterocycles. The van der Waals surface area contributed by atoms with Crippen LogP contribution in [0.4, 0.5) is 5.69 Å². The molecule has 144 valence electrons. The van der Waals surface area contributed by atoms with Crippen LogP contribution in [0.1, 0.15) is 32.8 Å². The number of rotatable bonds is 6. The number of guanidine groups is 1. The van der Waals surface area contributed by atoms with Crippen LogP contribution < -0.4 is 21.3 Å². The molecule has 0 radical (unpaired) electrons. The molecule has 0 heterocycles. The molecule has 0 aliphatic rings. The molecule has 0 saturated carbocycles. The molecule has 8 heteroatoms. The molecule has 0 saturated heterocycles. The van der Waals surface area contributed by atoms with E-state index in [0.29, 0.717) is 12.5 Å². The van der Waals surface area contributed by atoms with E-state index < -0.39 is 0 Å². The molecule has 0 fully saturated rings. The van der Waals surface area contributed by atoms with Gasteiger partial charge in [-0.05, 0) is 45.4 Å². The van der Waals surface area contributed by atoms with Gasteiger partial charge in [-0.25, -0.2) is 0 Å². The average Bonchev–Trinajstić information content (AvgIpc) is 2.52. The number of anilines is 1. The van der Waals surface area contributed by atoms with Gasteiger partial charge in [-0.2, -0.15) is 0 Å². The first-order valence-electron chi connectivity index (χ1n) is 8.42. The van der Waals surface area contributed by atoms with Gasteiger partial charge < -0.3 is 21.3 Å². The Bertz CT molecular complexity index is 668. The quantitative estimate of drug-likeness (QED) is 0.414. The minimum absolute atomic E-state index is 0.0976. The Hall–Kier alpha value is -2.09. The fourth-order valence-electron chi connectivity index (χ4n) is 2.08. The van der Waals surface area contributed by atoms with Crippen LogP contribution in [-0.2, 0) is 9.59 Å². The molecule has 2 amide bonds. The lowest BCUT2D eigenvalue weighted by Gasteiger charge is -2.21. The largest absolute Gasteiger partial charge is 0.356 e. The Morgan fingerprint density at radius 3 is 2.46 bits per heavy atom. The van der Waals surface area contributed by atoms with Crippen molar-refractivity contribution < 1.29 is 9.59 Å². The number of carbonyl (C=O) groups is 2. The molecule has 0 unspecified atom stereocenters. The third kappa shape index (κ3) is 8.84. The van der Waals surface area contributed by atoms with Gasteiger partial charge in [0.2, 0.25) is 11.8 Å². The summed E-state index contributed by atoms with van der Waals surface area (Å²) in [5.41, 5.74) is 1.50. The van der Waals surface area contributed by atoms with Crippen LogP contribution in [0.5, 0.6) is 0 Å². The number of nitrogens with one attached hydrogen (secondary N) is 4. The third-order valence-corrected chi connectivity index (χ3v) is 3.77. The first kappa shape index (κ1) is 22.0. The molecular formula is C18H28BrN5O2. The van der Waals surface area contributed by atoms with Gasteiger partial charge >= 0.3 is 0 Å². The van der Waals surface area contributed by atoms with E-state index in [1.165, 1.54) is 0 Å². The summed E-state index contributed by atoms with van der Waals surface area (Å²) < 4.78 is 0.912. The maximum absolute atomic E-state index is 12.1. The van der Waals surface area contributed by atoms with Crippen LogP contribution in [0.3, 0.4) is 0 Å². The summed E-state index contributed by atoms with van der Waals surface area (Å²) in [6.07, 6.45) is 0.279. The predicted octanol–water partition coefficient (Wildman–Crippen LogP) is 2.17. The zero-order valence-corrected chi connectivity index (χ0v) is 17.6. The number of amides is 2. The van der Waals surface area contributed by atoms with E-state index >= 15 is 0 Å². The molecule has 7 nitrogen and oxygen atoms in total. The molecule has 0 spiro atoms. The van der Waals surface area contributed by atoms with E-state index in [4.69, 9.17) is 0 Å². The van der Waals surface area contributed by atoms with E-state index in [-0.39, 0.29) is 30.3 Å². The lowest BCUT2D eigenvalue weighted by atomic mass is 10.1. The number of halogens is 1. The molecule has 0 bridgehead atoms. The zero-order chi connectivity index (χ0) is 19.7. The van der Waals surface area contributed by atoms with Gasteiger partial charge in [-0.3, -0.25) is 14.6 Å². The highest BCUT2D eigenvalue weighted by molar-refractivity contribution is 9.10. The minimum Gasteiger partial charge on any atom is -0.356 e. The Labute approximate surface area is 163 Å². The van der Waals surface area contributed by atoms with Crippen LogP contribution in [0.15, 0.2) is 27.7 Å². The highest BCUT2D eigenvalue weighted by atomic mass is 79.9. The lowest BCUT2D eigenvalue weighted by Crippen LogP contribution is -2.48. The molecule has 0 aliphatic carbocycles. The summed E-state index contributed by atoms with van der Waals surface area (Å²) in [7, 11) is 1.61. The van der Waals surface area contributed by atoms with Gasteiger partial charge in [-0.1, -0.05) is 22.0 Å². The third-order valence-electron chi connectivity index (χ3n) is 3.27. The van der Waals surface area contributed by atoms with E-state index in [9.17, 15) is 9.59 Å². The molecule has 0 aliphatic heterocycles. The normalized spacial score (nSPS) is 11.7. The van der Waals surface area contributed by atoms with Crippen molar-refractivity contribution in [1.29, 1.82) is 0 Å². The van der Waals surface area contributed by atoms with Crippen LogP contribution in [0.2, 0.25) is 0 Å². The summed E-state index contributed by atoms with van der Waals surface area (Å²) in [4.78, 5) is 27.9. The van der Waals surface area contributed by atoms with Crippen molar-refractivity contribution in [3.05, 3.63) is 28.2 Å². The number of hydrogen-bond donors (Lipinski definition) is 4. The summed E-state index contributed by atoms with van der Waals surface area (Å²) in [5.74, 6) is 0.253. The van der Waals surface area contributed by atoms with Crippen molar-refractivity contribution in [3.8, 4) is 0 Å². The average molecular weight is 426 g/mol. The first-order valence-corrected chi connectivity index (χ1v) is 9.21. The second-order valence-corrected chi connectivity index (χ2v) is 7.82. The number of aryl methyl sites for hydroxylation is 1. The molecule has 0 atom stereocenters. The summed E-state index contributed by atoms with van der Waals surface area (Å²) in [6, 6.07) is 5.74. The minimum atomic E-state index is -0.279. The Kier molecular flexibility index (Phi) is 8.57. The monoisotopic (exact) mass is 425 g/mol. The molecule has 26 heavy (non-hydrogen) atoms. The second-order valence-electron chi connectivity index (χ2n) is 6.91. The fourth-order valence-corrected chi connectivity index (χ4v) is 2.44. The van der Waals surface area contributed by atoms with Crippen LogP contribution >= 0.6 is 15.9 Å². The Morgan fingerprint density at radius 1 is 1.15 bits per heavy atom. The van der Waals surface area contributed by atoms with Crippen molar-refractivity contribution >= 4 is 39.4 Å². The van der Waals surface area contributed by atoms with Gasteiger partial charge in [0, 0.05) is 35.7 Å². The zero-order valence-electron chi connectivity index (χ0n) is 16.0. The molecule has 1 rings (SSSR count). The highest BCUT2D eigenvalue weighted by Gasteiger charge is 2.13. The van der Waals surface area contributed by atoms with Crippen molar-refractivity contribution in [1.82, 2.24) is 16.0 Å². The molecule has 1 aromatic carbocycles. The number of nitrogens with zero attached hydrogens (tertiary/aromatic N) is 1. The van der Waals surface area contributed by atoms with E-state index in [1.807, 2.05) is 45.9 Å². The van der Waals surface area contributed by atoms with Crippen molar-refractivity contribution in [2.24, 2.45) is 4.99 Å². The van der Waals surface area contributed by atoms with E-state index in [1.54, 1.807) is 7.05 Å². The van der Waals surface area contributed by atoms with Crippen LogP contribution in [0, 0.1) is 6.92 Å². The number of aliphatic imine (C=N–C) groups is 1. The number of benzene rings is 1. The van der Waals surface area contributed by atoms with E-state index in [2.05, 4.69) is 42.2 Å². The summed E-state index contributed by atoms with van der Waals surface area (Å²) in [6.45, 7) is 8.21. The first-order chi connectivity index (χ1) is 12.1. The summed E-state index contributed by atoms with van der Waals surface area (Å²) in [5, 5.41) is 11.7. The molecular weight excluding hydrogens is 398 g/mol. The van der Waals surface area contributed by atoms with Gasteiger partial charge in [0.25, 0.3) is 0 Å². The van der Waals surface area contributed by atoms with Gasteiger partial charge in [0.05, 0.1) is 6.54 Å². The topological polar surface area (TPSA) is 94.6 Å². The Morgan fingerprint density at radius 2 is 1.85 bits per heavy atom. The predicted molar refractivity (Wildman–Crippen MR) is 109 cm³/mol. The number of carbonyl (C=O) groups excluding carboxylic acids is 2. The van der Waals surface area contributed by atoms with Gasteiger partial charge in [0.15, 0.2) is 5.96 Å². The second kappa shape index (κ2) is 10.2. The van der Waals surface area contributed by atoms with Crippen molar-refractivity contribution in [3.63, 3.8) is 0 Å². The van der Waals surface area contributed by atoms with Crippen LogP contribution in [-0.4, -0.2) is 43.5 Å². The van der Waals surface area contributed by atoms with E-state index in [0.717, 1.165) is 15.7 Å². The molecule has 4 N–H and O–H groups in total. The Balaban J connectivity index is 2.37. The van der Waals surface area contributed by atoms with Crippen LogP contribution in [0.25, 0.3) is 0 Å². The SMILES string of the molecule is CN=C(NCCC(=O)Nc1cc(Br)ccc1C)NCC(=O)NC(C)(C)C. The standard InChI is InChI=1S/C18H28BrN5O2/c1-12-6-7-13(19)10-14(12)23-15(25)8-9-21-17(20-5)22-11-16(26)24-18(2,3)4/h6-7,10H,8-9,11H2,1-5H3,(H,23,25)(H,24,26)(H2,20,21,22). The molecule has 1 aromatic rings. The maximum atomic E-state index is 12.1. The highest BCUT2D eigenvalue weighted by Crippen LogP contribution is 2.20. The lowest BCUT2D eigenvalue weighted by molar-refractivity contribution is -0.121. The van der Waals surface area contributed by atoms with Gasteiger partial charge in [-0.15, -0.1) is 0 Å². The smallest absolute Gasteiger partial charge is 0.239 e. The maximum Gasteiger partial charge on any atom is 0.239 e. The number of hydrogen-bond acceptors (Lipinski definition) is 3.